The van der Waals surface area contributed by atoms with Crippen LogP contribution in [0.25, 0.3) is 0 Å². The van der Waals surface area contributed by atoms with Crippen LogP contribution >= 0.6 is 0 Å². The third kappa shape index (κ3) is 6.75. The molecular weight excluding hydrogens is 332 g/mol. The Hall–Kier alpha value is -1.36. The molecule has 150 valence electrons. The molecule has 5 nitrogen and oxygen atoms in total. The number of carbonyl (C=O) groups is 2. The Morgan fingerprint density at radius 2 is 1.73 bits per heavy atom. The average Bonchev–Trinajstić information content (AvgIpc) is 2.96. The quantitative estimate of drug-likeness (QED) is 0.315. The van der Waals surface area contributed by atoms with Crippen LogP contribution in [0.3, 0.4) is 0 Å². The first kappa shape index (κ1) is 22.7. The van der Waals surface area contributed by atoms with Gasteiger partial charge in [-0.2, -0.15) is 0 Å². The second-order valence-corrected chi connectivity index (χ2v) is 7.68. The molecule has 1 aliphatic rings. The molecule has 1 heterocycles. The fourth-order valence-corrected chi connectivity index (χ4v) is 3.27. The van der Waals surface area contributed by atoms with E-state index in [1.807, 2.05) is 13.8 Å². The molecule has 1 N–H and O–H groups in total. The van der Waals surface area contributed by atoms with E-state index in [9.17, 15) is 14.7 Å². The Balaban J connectivity index is 2.66. The van der Waals surface area contributed by atoms with Gasteiger partial charge in [-0.05, 0) is 26.7 Å². The lowest BCUT2D eigenvalue weighted by molar-refractivity contribution is -0.169. The Bertz CT molecular complexity index is 483. The molecule has 1 saturated heterocycles. The van der Waals surface area contributed by atoms with Gasteiger partial charge in [0.25, 0.3) is 0 Å². The first-order valence-electron chi connectivity index (χ1n) is 10.1. The summed E-state index contributed by atoms with van der Waals surface area (Å²) < 4.78 is 10.9. The van der Waals surface area contributed by atoms with Crippen molar-refractivity contribution < 1.29 is 24.2 Å². The number of hydrogen-bond acceptors (Lipinski definition) is 5. The molecule has 1 atom stereocenters. The SMILES string of the molecule is CCCCCC(CCCCC)C(=O)OCC1(CO)CC(=C(C)C)C(=O)O1. The minimum absolute atomic E-state index is 0.0804. The summed E-state index contributed by atoms with van der Waals surface area (Å²) in [6.07, 6.45) is 8.45. The van der Waals surface area contributed by atoms with E-state index in [1.165, 1.54) is 0 Å². The summed E-state index contributed by atoms with van der Waals surface area (Å²) >= 11 is 0. The molecule has 1 fully saturated rings. The molecular formula is C21H36O5. The van der Waals surface area contributed by atoms with E-state index in [-0.39, 0.29) is 31.5 Å². The summed E-state index contributed by atoms with van der Waals surface area (Å²) in [7, 11) is 0. The van der Waals surface area contributed by atoms with Gasteiger partial charge in [-0.3, -0.25) is 4.79 Å². The molecule has 0 aliphatic carbocycles. The van der Waals surface area contributed by atoms with Gasteiger partial charge < -0.3 is 14.6 Å². The number of hydrogen-bond donors (Lipinski definition) is 1. The molecule has 0 aromatic carbocycles. The van der Waals surface area contributed by atoms with Crippen molar-refractivity contribution in [3.8, 4) is 0 Å². The number of cyclic esters (lactones) is 1. The van der Waals surface area contributed by atoms with E-state index in [0.717, 1.165) is 56.9 Å². The molecule has 5 heteroatoms. The number of aliphatic hydroxyl groups is 1. The van der Waals surface area contributed by atoms with Crippen LogP contribution in [0.15, 0.2) is 11.1 Å². The normalized spacial score (nSPS) is 19.8. The molecule has 0 radical (unpaired) electrons. The van der Waals surface area contributed by atoms with Gasteiger partial charge in [0.05, 0.1) is 12.5 Å². The van der Waals surface area contributed by atoms with Crippen molar-refractivity contribution in [1.29, 1.82) is 0 Å². The van der Waals surface area contributed by atoms with Gasteiger partial charge in [-0.15, -0.1) is 0 Å². The zero-order chi connectivity index (χ0) is 19.6. The summed E-state index contributed by atoms with van der Waals surface area (Å²) in [5.41, 5.74) is 0.308. The second kappa shape index (κ2) is 11.4. The molecule has 0 aromatic rings. The predicted octanol–water partition coefficient (Wildman–Crippen LogP) is 4.32. The van der Waals surface area contributed by atoms with Crippen LogP contribution in [0.1, 0.15) is 85.5 Å². The number of unbranched alkanes of at least 4 members (excludes halogenated alkanes) is 4. The maximum absolute atomic E-state index is 12.6. The number of esters is 2. The van der Waals surface area contributed by atoms with Crippen LogP contribution in [0.5, 0.6) is 0 Å². The highest BCUT2D eigenvalue weighted by Gasteiger charge is 2.45. The zero-order valence-electron chi connectivity index (χ0n) is 16.9. The molecule has 0 amide bonds. The third-order valence-corrected chi connectivity index (χ3v) is 5.07. The molecule has 0 saturated carbocycles. The Kier molecular flexibility index (Phi) is 9.92. The lowest BCUT2D eigenvalue weighted by atomic mass is 9.94. The van der Waals surface area contributed by atoms with Gasteiger partial charge in [0.15, 0.2) is 5.60 Å². The zero-order valence-corrected chi connectivity index (χ0v) is 16.9. The largest absolute Gasteiger partial charge is 0.461 e. The van der Waals surface area contributed by atoms with Crippen molar-refractivity contribution in [3.63, 3.8) is 0 Å². The molecule has 1 rings (SSSR count). The highest BCUT2D eigenvalue weighted by Crippen LogP contribution is 2.33. The van der Waals surface area contributed by atoms with E-state index >= 15 is 0 Å². The van der Waals surface area contributed by atoms with Crippen LogP contribution in [0.2, 0.25) is 0 Å². The Morgan fingerprint density at radius 1 is 1.15 bits per heavy atom. The predicted molar refractivity (Wildman–Crippen MR) is 102 cm³/mol. The Morgan fingerprint density at radius 3 is 2.15 bits per heavy atom. The van der Waals surface area contributed by atoms with Crippen molar-refractivity contribution in [2.24, 2.45) is 5.92 Å². The van der Waals surface area contributed by atoms with E-state index in [2.05, 4.69) is 13.8 Å². The average molecular weight is 369 g/mol. The highest BCUT2D eigenvalue weighted by molar-refractivity contribution is 5.92. The highest BCUT2D eigenvalue weighted by atomic mass is 16.6. The fraction of sp³-hybridized carbons (Fsp3) is 0.810. The third-order valence-electron chi connectivity index (χ3n) is 5.07. The van der Waals surface area contributed by atoms with E-state index in [0.29, 0.717) is 5.57 Å². The number of carbonyl (C=O) groups excluding carboxylic acids is 2. The summed E-state index contributed by atoms with van der Waals surface area (Å²) in [5.74, 6) is -0.756. The second-order valence-electron chi connectivity index (χ2n) is 7.68. The standard InChI is InChI=1S/C21H36O5/c1-5-7-9-11-17(12-10-8-6-2)19(23)25-15-21(14-22)13-18(16(3)4)20(24)26-21/h17,22H,5-15H2,1-4H3. The molecule has 1 unspecified atom stereocenters. The maximum atomic E-state index is 12.6. The van der Waals surface area contributed by atoms with E-state index in [4.69, 9.17) is 9.47 Å². The topological polar surface area (TPSA) is 72.8 Å². The van der Waals surface area contributed by atoms with E-state index < -0.39 is 11.6 Å². The summed E-state index contributed by atoms with van der Waals surface area (Å²) in [5, 5.41) is 9.74. The summed E-state index contributed by atoms with van der Waals surface area (Å²) in [6, 6.07) is 0. The van der Waals surface area contributed by atoms with Gasteiger partial charge >= 0.3 is 11.9 Å². The molecule has 0 aromatic heterocycles. The fourth-order valence-electron chi connectivity index (χ4n) is 3.27. The Labute approximate surface area is 158 Å². The number of rotatable bonds is 12. The van der Waals surface area contributed by atoms with Crippen LogP contribution < -0.4 is 0 Å². The molecule has 1 aliphatic heterocycles. The van der Waals surface area contributed by atoms with Gasteiger partial charge in [-0.1, -0.05) is 57.9 Å². The number of ether oxygens (including phenoxy) is 2. The number of aliphatic hydroxyl groups excluding tert-OH is 1. The maximum Gasteiger partial charge on any atom is 0.334 e. The lowest BCUT2D eigenvalue weighted by Crippen LogP contribution is -2.40. The van der Waals surface area contributed by atoms with Crippen LogP contribution in [-0.4, -0.2) is 35.9 Å². The van der Waals surface area contributed by atoms with Crippen molar-refractivity contribution in [2.75, 3.05) is 13.2 Å². The van der Waals surface area contributed by atoms with Gasteiger partial charge in [0.2, 0.25) is 0 Å². The monoisotopic (exact) mass is 368 g/mol. The summed E-state index contributed by atoms with van der Waals surface area (Å²) in [4.78, 5) is 24.6. The first-order valence-corrected chi connectivity index (χ1v) is 10.1. The van der Waals surface area contributed by atoms with Crippen molar-refractivity contribution in [1.82, 2.24) is 0 Å². The van der Waals surface area contributed by atoms with Gasteiger partial charge in [0.1, 0.15) is 6.61 Å². The van der Waals surface area contributed by atoms with Gasteiger partial charge in [0, 0.05) is 12.0 Å². The van der Waals surface area contributed by atoms with Crippen molar-refractivity contribution in [3.05, 3.63) is 11.1 Å². The van der Waals surface area contributed by atoms with Gasteiger partial charge in [-0.25, -0.2) is 4.79 Å². The van der Waals surface area contributed by atoms with Crippen LogP contribution in [0.4, 0.5) is 0 Å². The minimum atomic E-state index is -1.13. The molecule has 0 spiro atoms. The molecule has 26 heavy (non-hydrogen) atoms. The van der Waals surface area contributed by atoms with Crippen molar-refractivity contribution >= 4 is 11.9 Å². The van der Waals surface area contributed by atoms with Crippen LogP contribution in [0, 0.1) is 5.92 Å². The van der Waals surface area contributed by atoms with E-state index in [1.54, 1.807) is 0 Å². The number of allylic oxidation sites excluding steroid dienone is 1. The van der Waals surface area contributed by atoms with Crippen LogP contribution in [-0.2, 0) is 19.1 Å². The summed E-state index contributed by atoms with van der Waals surface area (Å²) in [6.45, 7) is 7.54. The van der Waals surface area contributed by atoms with Crippen molar-refractivity contribution in [2.45, 2.75) is 91.1 Å². The first-order chi connectivity index (χ1) is 12.4. The lowest BCUT2D eigenvalue weighted by Gasteiger charge is -2.25. The minimum Gasteiger partial charge on any atom is -0.461 e. The molecule has 0 bridgehead atoms. The smallest absolute Gasteiger partial charge is 0.334 e.